The minimum Gasteiger partial charge on any atom is -0.397 e. The Morgan fingerprint density at radius 2 is 2.07 bits per heavy atom. The number of benzene rings is 1. The van der Waals surface area contributed by atoms with Gasteiger partial charge in [-0.15, -0.1) is 0 Å². The molecule has 7 heteroatoms. The first-order valence-electron chi connectivity index (χ1n) is 3.65. The molecule has 0 fully saturated rings. The van der Waals surface area contributed by atoms with Gasteiger partial charge in [-0.3, -0.25) is 10.1 Å². The van der Waals surface area contributed by atoms with Crippen molar-refractivity contribution in [2.75, 3.05) is 5.73 Å². The van der Waals surface area contributed by atoms with Crippen LogP contribution in [0.5, 0.6) is 0 Å². The molecule has 7 nitrogen and oxygen atoms in total. The van der Waals surface area contributed by atoms with Crippen LogP contribution in [0.2, 0.25) is 0 Å². The van der Waals surface area contributed by atoms with Crippen LogP contribution in [-0.4, -0.2) is 10.9 Å². The summed E-state index contributed by atoms with van der Waals surface area (Å²) in [5.41, 5.74) is 15.6. The highest BCUT2D eigenvalue weighted by atomic mass is 16.6. The Morgan fingerprint density at radius 1 is 1.43 bits per heavy atom. The van der Waals surface area contributed by atoms with Gasteiger partial charge in [0.25, 0.3) is 5.69 Å². The van der Waals surface area contributed by atoms with Crippen LogP contribution in [0, 0.1) is 10.1 Å². The zero-order chi connectivity index (χ0) is 10.7. The quantitative estimate of drug-likeness (QED) is 0.202. The van der Waals surface area contributed by atoms with Crippen LogP contribution in [0.1, 0.15) is 0 Å². The molecular weight excluding hydrogens is 186 g/mol. The molecule has 74 valence electrons. The van der Waals surface area contributed by atoms with Crippen molar-refractivity contribution in [3.05, 3.63) is 28.3 Å². The first kappa shape index (κ1) is 9.78. The third kappa shape index (κ3) is 1.89. The second-order valence-corrected chi connectivity index (χ2v) is 2.51. The Bertz CT molecular complexity index is 397. The van der Waals surface area contributed by atoms with Gasteiger partial charge in [-0.25, -0.2) is 4.99 Å². The molecule has 1 aromatic rings. The van der Waals surface area contributed by atoms with Gasteiger partial charge in [-0.1, -0.05) is 6.07 Å². The normalized spacial score (nSPS) is 9.43. The second-order valence-electron chi connectivity index (χ2n) is 2.51. The van der Waals surface area contributed by atoms with Gasteiger partial charge in [0.1, 0.15) is 0 Å². The minimum absolute atomic E-state index is 0.0162. The molecule has 0 saturated carbocycles. The molecule has 0 bridgehead atoms. The lowest BCUT2D eigenvalue weighted by atomic mass is 10.2. The third-order valence-electron chi connectivity index (χ3n) is 1.48. The maximum absolute atomic E-state index is 10.6. The van der Waals surface area contributed by atoms with Crippen LogP contribution in [-0.2, 0) is 0 Å². The molecule has 1 aromatic carbocycles. The molecular formula is C7H9N5O2. The maximum atomic E-state index is 10.6. The molecule has 0 amide bonds. The maximum Gasteiger partial charge on any atom is 0.297 e. The third-order valence-corrected chi connectivity index (χ3v) is 1.48. The number of hydrogen-bond acceptors (Lipinski definition) is 4. The Kier molecular flexibility index (Phi) is 2.52. The summed E-state index contributed by atoms with van der Waals surface area (Å²) < 4.78 is 0. The predicted octanol–water partition coefficient (Wildman–Crippen LogP) is 0.0819. The summed E-state index contributed by atoms with van der Waals surface area (Å²) >= 11 is 0. The highest BCUT2D eigenvalue weighted by molar-refractivity contribution is 5.85. The molecule has 6 N–H and O–H groups in total. The number of aliphatic imine (C=N–C) groups is 1. The molecule has 0 radical (unpaired) electrons. The molecule has 0 aliphatic heterocycles. The van der Waals surface area contributed by atoms with Gasteiger partial charge in [0.05, 0.1) is 10.6 Å². The largest absolute Gasteiger partial charge is 0.397 e. The van der Waals surface area contributed by atoms with E-state index in [1.165, 1.54) is 18.2 Å². The smallest absolute Gasteiger partial charge is 0.297 e. The summed E-state index contributed by atoms with van der Waals surface area (Å²) in [6.07, 6.45) is 0. The van der Waals surface area contributed by atoms with Gasteiger partial charge in [0.15, 0.2) is 11.6 Å². The van der Waals surface area contributed by atoms with Crippen molar-refractivity contribution in [1.29, 1.82) is 0 Å². The summed E-state index contributed by atoms with van der Waals surface area (Å²) in [6, 6.07) is 4.21. The number of nitrogen functional groups attached to an aromatic ring is 1. The molecule has 0 unspecified atom stereocenters. The predicted molar refractivity (Wildman–Crippen MR) is 53.0 cm³/mol. The lowest BCUT2D eigenvalue weighted by Crippen LogP contribution is -2.22. The first-order valence-corrected chi connectivity index (χ1v) is 3.65. The fourth-order valence-electron chi connectivity index (χ4n) is 0.947. The average Bonchev–Trinajstić information content (AvgIpc) is 2.07. The van der Waals surface area contributed by atoms with E-state index < -0.39 is 4.92 Å². The van der Waals surface area contributed by atoms with E-state index in [0.29, 0.717) is 0 Å². The van der Waals surface area contributed by atoms with Gasteiger partial charge in [-0.05, 0) is 6.07 Å². The van der Waals surface area contributed by atoms with E-state index in [1.807, 2.05) is 0 Å². The van der Waals surface area contributed by atoms with Gasteiger partial charge < -0.3 is 17.2 Å². The molecule has 0 aromatic heterocycles. The zero-order valence-corrected chi connectivity index (χ0v) is 7.18. The molecule has 0 heterocycles. The van der Waals surface area contributed by atoms with E-state index in [2.05, 4.69) is 4.99 Å². The number of nitrogens with zero attached hydrogens (tertiary/aromatic N) is 2. The van der Waals surface area contributed by atoms with Crippen molar-refractivity contribution >= 4 is 23.0 Å². The molecule has 0 saturated heterocycles. The summed E-state index contributed by atoms with van der Waals surface area (Å²) in [4.78, 5) is 13.5. The summed E-state index contributed by atoms with van der Waals surface area (Å²) in [7, 11) is 0. The number of nitro benzene ring substituents is 1. The molecule has 1 rings (SSSR count). The Balaban J connectivity index is 3.37. The van der Waals surface area contributed by atoms with E-state index in [-0.39, 0.29) is 23.0 Å². The van der Waals surface area contributed by atoms with Gasteiger partial charge in [0.2, 0.25) is 0 Å². The number of guanidine groups is 1. The van der Waals surface area contributed by atoms with Crippen LogP contribution in [0.4, 0.5) is 17.1 Å². The fraction of sp³-hybridized carbons (Fsp3) is 0. The first-order chi connectivity index (χ1) is 6.52. The van der Waals surface area contributed by atoms with Crippen molar-refractivity contribution in [2.24, 2.45) is 16.5 Å². The van der Waals surface area contributed by atoms with E-state index >= 15 is 0 Å². The van der Waals surface area contributed by atoms with Crippen LogP contribution >= 0.6 is 0 Å². The van der Waals surface area contributed by atoms with Gasteiger partial charge >= 0.3 is 0 Å². The average molecular weight is 195 g/mol. The lowest BCUT2D eigenvalue weighted by Gasteiger charge is -2.00. The van der Waals surface area contributed by atoms with Crippen LogP contribution in [0.25, 0.3) is 0 Å². The zero-order valence-electron chi connectivity index (χ0n) is 7.18. The Morgan fingerprint density at radius 3 is 2.57 bits per heavy atom. The van der Waals surface area contributed by atoms with Crippen LogP contribution in [0.15, 0.2) is 23.2 Å². The summed E-state index contributed by atoms with van der Waals surface area (Å²) in [5, 5.41) is 10.6. The van der Waals surface area contributed by atoms with Crippen molar-refractivity contribution in [3.63, 3.8) is 0 Å². The fourth-order valence-corrected chi connectivity index (χ4v) is 0.947. The summed E-state index contributed by atoms with van der Waals surface area (Å²) in [6.45, 7) is 0. The standard InChI is InChI=1S/C7H9N5O2/c8-4-2-1-3-5(12(13)14)6(4)11-7(9)10/h1-3H,8H2,(H4,9,10,11). The van der Waals surface area contributed by atoms with Gasteiger partial charge in [0, 0.05) is 6.07 Å². The van der Waals surface area contributed by atoms with E-state index in [4.69, 9.17) is 17.2 Å². The van der Waals surface area contributed by atoms with Crippen molar-refractivity contribution in [3.8, 4) is 0 Å². The van der Waals surface area contributed by atoms with Crippen molar-refractivity contribution < 1.29 is 4.92 Å². The SMILES string of the molecule is NC(N)=Nc1c(N)cccc1[N+](=O)[O-]. The van der Waals surface area contributed by atoms with Crippen molar-refractivity contribution in [2.45, 2.75) is 0 Å². The topological polar surface area (TPSA) is 134 Å². The van der Waals surface area contributed by atoms with E-state index in [0.717, 1.165) is 0 Å². The monoisotopic (exact) mass is 195 g/mol. The summed E-state index contributed by atoms with van der Waals surface area (Å²) in [5.74, 6) is -0.272. The van der Waals surface area contributed by atoms with E-state index in [9.17, 15) is 10.1 Å². The number of para-hydroxylation sites is 1. The molecule has 0 aliphatic carbocycles. The van der Waals surface area contributed by atoms with E-state index in [1.54, 1.807) is 0 Å². The van der Waals surface area contributed by atoms with Crippen molar-refractivity contribution in [1.82, 2.24) is 0 Å². The number of nitrogens with two attached hydrogens (primary N) is 3. The highest BCUT2D eigenvalue weighted by Crippen LogP contribution is 2.32. The second kappa shape index (κ2) is 3.60. The lowest BCUT2D eigenvalue weighted by molar-refractivity contribution is -0.384. The van der Waals surface area contributed by atoms with Gasteiger partial charge in [-0.2, -0.15) is 0 Å². The van der Waals surface area contributed by atoms with Crippen LogP contribution < -0.4 is 17.2 Å². The number of anilines is 1. The molecule has 0 aliphatic rings. The Labute approximate surface area is 79.4 Å². The Hall–Kier alpha value is -2.31. The number of hydrogen-bond donors (Lipinski definition) is 3. The minimum atomic E-state index is -0.599. The number of rotatable bonds is 2. The number of nitro groups is 1. The molecule has 0 spiro atoms. The molecule has 14 heavy (non-hydrogen) atoms. The van der Waals surface area contributed by atoms with Crippen LogP contribution in [0.3, 0.4) is 0 Å². The highest BCUT2D eigenvalue weighted by Gasteiger charge is 2.15. The molecule has 0 atom stereocenters.